The predicted molar refractivity (Wildman–Crippen MR) is 122 cm³/mol. The number of carbonyl (C=O) groups is 3. The number of anilines is 1. The van der Waals surface area contributed by atoms with E-state index in [0.717, 1.165) is 18.5 Å². The Balaban J connectivity index is 1.71. The lowest BCUT2D eigenvalue weighted by molar-refractivity contribution is -0.137. The van der Waals surface area contributed by atoms with Gasteiger partial charge in [-0.3, -0.25) is 9.59 Å². The van der Waals surface area contributed by atoms with E-state index in [1.807, 2.05) is 30.3 Å². The molecule has 2 fully saturated rings. The maximum absolute atomic E-state index is 13.6. The summed E-state index contributed by atoms with van der Waals surface area (Å²) in [5.41, 5.74) is 0.206. The van der Waals surface area contributed by atoms with Crippen molar-refractivity contribution < 1.29 is 19.1 Å². The minimum atomic E-state index is -0.742. The van der Waals surface area contributed by atoms with Crippen molar-refractivity contribution in [3.05, 3.63) is 30.3 Å². The van der Waals surface area contributed by atoms with E-state index in [2.05, 4.69) is 22.5 Å². The predicted octanol–water partition coefficient (Wildman–Crippen LogP) is 1.40. The van der Waals surface area contributed by atoms with E-state index < -0.39 is 5.54 Å². The van der Waals surface area contributed by atoms with Crippen molar-refractivity contribution in [2.24, 2.45) is 0 Å². The summed E-state index contributed by atoms with van der Waals surface area (Å²) in [6.45, 7) is 4.95. The van der Waals surface area contributed by atoms with Gasteiger partial charge in [0.25, 0.3) is 5.91 Å². The van der Waals surface area contributed by atoms with Crippen molar-refractivity contribution in [3.8, 4) is 0 Å². The van der Waals surface area contributed by atoms with Crippen molar-refractivity contribution >= 4 is 23.5 Å². The Bertz CT molecular complexity index is 780. The molecule has 0 aromatic heterocycles. The minimum absolute atomic E-state index is 0.00878. The van der Waals surface area contributed by atoms with Gasteiger partial charge in [-0.05, 0) is 31.4 Å². The van der Waals surface area contributed by atoms with Gasteiger partial charge in [0.1, 0.15) is 12.1 Å². The molecule has 176 valence electrons. The Morgan fingerprint density at radius 3 is 2.47 bits per heavy atom. The number of benzene rings is 1. The summed E-state index contributed by atoms with van der Waals surface area (Å²) in [6.07, 6.45) is 3.04. The number of para-hydroxylation sites is 1. The Hall–Kier alpha value is -2.81. The molecule has 4 amide bonds. The second-order valence-electron chi connectivity index (χ2n) is 8.35. The normalized spacial score (nSPS) is 17.7. The molecule has 2 aliphatic rings. The van der Waals surface area contributed by atoms with Crippen molar-refractivity contribution in [2.75, 3.05) is 58.0 Å². The van der Waals surface area contributed by atoms with E-state index in [1.165, 1.54) is 0 Å². The second kappa shape index (κ2) is 11.2. The van der Waals surface area contributed by atoms with Gasteiger partial charge in [-0.2, -0.15) is 0 Å². The lowest BCUT2D eigenvalue weighted by Crippen LogP contribution is -2.58. The molecule has 0 saturated carbocycles. The van der Waals surface area contributed by atoms with Crippen LogP contribution in [0, 0.1) is 0 Å². The highest BCUT2D eigenvalue weighted by molar-refractivity contribution is 5.96. The lowest BCUT2D eigenvalue weighted by Gasteiger charge is -2.43. The molecule has 2 saturated heterocycles. The number of hydrogen-bond acceptors (Lipinski definition) is 5. The number of methoxy groups -OCH3 is 1. The molecule has 1 aromatic rings. The van der Waals surface area contributed by atoms with Gasteiger partial charge >= 0.3 is 6.03 Å². The van der Waals surface area contributed by atoms with E-state index >= 15 is 0 Å². The van der Waals surface area contributed by atoms with E-state index in [-0.39, 0.29) is 24.4 Å². The van der Waals surface area contributed by atoms with Crippen LogP contribution in [0.15, 0.2) is 30.3 Å². The minimum Gasteiger partial charge on any atom is -0.383 e. The number of nitrogens with one attached hydrogen (secondary N) is 2. The van der Waals surface area contributed by atoms with Crippen molar-refractivity contribution in [1.29, 1.82) is 0 Å². The number of ether oxygens (including phenoxy) is 1. The molecule has 2 heterocycles. The summed E-state index contributed by atoms with van der Waals surface area (Å²) >= 11 is 0. The van der Waals surface area contributed by atoms with E-state index in [1.54, 1.807) is 16.9 Å². The molecule has 0 atom stereocenters. The summed E-state index contributed by atoms with van der Waals surface area (Å²) in [4.78, 5) is 43.9. The molecule has 1 spiro atoms. The van der Waals surface area contributed by atoms with Crippen LogP contribution in [0.2, 0.25) is 0 Å². The maximum Gasteiger partial charge on any atom is 0.317 e. The topological polar surface area (TPSA) is 94.2 Å². The maximum atomic E-state index is 13.6. The molecule has 2 N–H and O–H groups in total. The first-order valence-electron chi connectivity index (χ1n) is 11.4. The van der Waals surface area contributed by atoms with Crippen LogP contribution < -0.4 is 15.5 Å². The van der Waals surface area contributed by atoms with Crippen LogP contribution in [0.4, 0.5) is 10.5 Å². The van der Waals surface area contributed by atoms with E-state index in [9.17, 15) is 14.4 Å². The van der Waals surface area contributed by atoms with Crippen LogP contribution in [-0.2, 0) is 14.3 Å². The van der Waals surface area contributed by atoms with Crippen LogP contribution >= 0.6 is 0 Å². The van der Waals surface area contributed by atoms with Crippen LogP contribution in [-0.4, -0.2) is 86.3 Å². The number of likely N-dealkylation sites (tertiary alicyclic amines) is 1. The summed E-state index contributed by atoms with van der Waals surface area (Å²) in [5.74, 6) is -0.248. The fraction of sp³-hybridized carbons (Fsp3) is 0.609. The highest BCUT2D eigenvalue weighted by atomic mass is 16.5. The number of amides is 4. The van der Waals surface area contributed by atoms with E-state index in [0.29, 0.717) is 52.3 Å². The van der Waals surface area contributed by atoms with Crippen molar-refractivity contribution in [2.45, 2.75) is 38.1 Å². The van der Waals surface area contributed by atoms with Crippen LogP contribution in [0.5, 0.6) is 0 Å². The van der Waals surface area contributed by atoms with Gasteiger partial charge in [0.2, 0.25) is 5.91 Å². The Labute approximate surface area is 190 Å². The first-order chi connectivity index (χ1) is 15.5. The number of carbonyl (C=O) groups excluding carboxylic acids is 3. The van der Waals surface area contributed by atoms with Crippen LogP contribution in [0.25, 0.3) is 0 Å². The third-order valence-corrected chi connectivity index (χ3v) is 6.23. The third kappa shape index (κ3) is 5.32. The van der Waals surface area contributed by atoms with Gasteiger partial charge in [0, 0.05) is 39.0 Å². The quantitative estimate of drug-likeness (QED) is 0.561. The monoisotopic (exact) mass is 445 g/mol. The third-order valence-electron chi connectivity index (χ3n) is 6.23. The molecule has 2 aliphatic heterocycles. The summed E-state index contributed by atoms with van der Waals surface area (Å²) in [6, 6.07) is 9.74. The first-order valence-corrected chi connectivity index (χ1v) is 11.4. The molecule has 9 nitrogen and oxygen atoms in total. The van der Waals surface area contributed by atoms with Crippen molar-refractivity contribution in [3.63, 3.8) is 0 Å². The average molecular weight is 446 g/mol. The fourth-order valence-corrected chi connectivity index (χ4v) is 4.41. The first kappa shape index (κ1) is 23.8. The van der Waals surface area contributed by atoms with Gasteiger partial charge < -0.3 is 30.1 Å². The SMILES string of the molecule is CCCCNC(=O)N1CCC2(CC1)C(=O)N(CC(=O)NCCOC)CN2c1ccccc1. The largest absolute Gasteiger partial charge is 0.383 e. The zero-order valence-electron chi connectivity index (χ0n) is 19.1. The van der Waals surface area contributed by atoms with Crippen LogP contribution in [0.3, 0.4) is 0 Å². The Morgan fingerprint density at radius 1 is 1.09 bits per heavy atom. The smallest absolute Gasteiger partial charge is 0.317 e. The standard InChI is InChI=1S/C23H35N5O4/c1-3-4-12-25-22(31)26-14-10-23(11-15-26)21(30)27(17-20(29)24-13-16-32-2)18-28(23)19-8-6-5-7-9-19/h5-9H,3-4,10-18H2,1-2H3,(H,24,29)(H,25,31). The number of nitrogens with zero attached hydrogens (tertiary/aromatic N) is 3. The molecule has 32 heavy (non-hydrogen) atoms. The highest BCUT2D eigenvalue weighted by Crippen LogP contribution is 2.39. The molecule has 0 unspecified atom stereocenters. The van der Waals surface area contributed by atoms with E-state index in [4.69, 9.17) is 4.74 Å². The molecular formula is C23H35N5O4. The van der Waals surface area contributed by atoms with Gasteiger partial charge in [-0.25, -0.2) is 4.79 Å². The number of urea groups is 1. The number of hydrogen-bond donors (Lipinski definition) is 2. The molecule has 9 heteroatoms. The van der Waals surface area contributed by atoms with Gasteiger partial charge in [0.15, 0.2) is 0 Å². The van der Waals surface area contributed by atoms with Crippen LogP contribution in [0.1, 0.15) is 32.6 Å². The van der Waals surface area contributed by atoms with Gasteiger partial charge in [-0.15, -0.1) is 0 Å². The summed E-state index contributed by atoms with van der Waals surface area (Å²) in [7, 11) is 1.58. The second-order valence-corrected chi connectivity index (χ2v) is 8.35. The fourth-order valence-electron chi connectivity index (χ4n) is 4.41. The Morgan fingerprint density at radius 2 is 1.81 bits per heavy atom. The zero-order chi connectivity index (χ0) is 23.0. The van der Waals surface area contributed by atoms with Crippen molar-refractivity contribution in [1.82, 2.24) is 20.4 Å². The van der Waals surface area contributed by atoms with Gasteiger partial charge in [0.05, 0.1) is 13.3 Å². The molecule has 0 bridgehead atoms. The molecular weight excluding hydrogens is 410 g/mol. The molecule has 0 radical (unpaired) electrons. The number of unbranched alkanes of at least 4 members (excludes halogenated alkanes) is 1. The average Bonchev–Trinajstić information content (AvgIpc) is 3.06. The highest BCUT2D eigenvalue weighted by Gasteiger charge is 2.54. The molecule has 3 rings (SSSR count). The molecule has 1 aromatic carbocycles. The van der Waals surface area contributed by atoms with Gasteiger partial charge in [-0.1, -0.05) is 31.5 Å². The zero-order valence-corrected chi connectivity index (χ0v) is 19.1. The lowest BCUT2D eigenvalue weighted by atomic mass is 9.85. The number of rotatable bonds is 9. The summed E-state index contributed by atoms with van der Waals surface area (Å²) in [5, 5.41) is 5.75. The molecule has 0 aliphatic carbocycles. The summed E-state index contributed by atoms with van der Waals surface area (Å²) < 4.78 is 4.97. The number of piperidine rings is 1. The Kier molecular flexibility index (Phi) is 8.33.